The second-order valence-electron chi connectivity index (χ2n) is 4.14. The van der Waals surface area contributed by atoms with E-state index in [-0.39, 0.29) is 0 Å². The number of nitrogens with zero attached hydrogens (tertiary/aromatic N) is 1. The summed E-state index contributed by atoms with van der Waals surface area (Å²) in [7, 11) is 0. The predicted molar refractivity (Wildman–Crippen MR) is 53.2 cm³/mol. The van der Waals surface area contributed by atoms with Gasteiger partial charge in [-0.25, -0.2) is 4.98 Å². The van der Waals surface area contributed by atoms with Gasteiger partial charge in [0.1, 0.15) is 0 Å². The van der Waals surface area contributed by atoms with Crippen LogP contribution in [0.5, 0.6) is 0 Å². The zero-order valence-electron chi connectivity index (χ0n) is 8.33. The largest absolute Gasteiger partial charge is 0.310 e. The van der Waals surface area contributed by atoms with E-state index in [2.05, 4.69) is 17.2 Å². The van der Waals surface area contributed by atoms with Crippen LogP contribution in [0.25, 0.3) is 0 Å². The molecule has 0 spiro atoms. The van der Waals surface area contributed by atoms with Crippen molar-refractivity contribution in [1.82, 2.24) is 10.3 Å². The van der Waals surface area contributed by atoms with Crippen LogP contribution in [-0.4, -0.2) is 11.0 Å². The Balaban J connectivity index is 1.78. The van der Waals surface area contributed by atoms with Gasteiger partial charge in [-0.3, -0.25) is 0 Å². The number of hydrogen-bond donors (Lipinski definition) is 1. The minimum atomic E-state index is -0.411. The first kappa shape index (κ1) is 9.59. The lowest BCUT2D eigenvalue weighted by Gasteiger charge is -2.33. The molecule has 0 saturated heterocycles. The maximum absolute atomic E-state index is 12.5. The quantitative estimate of drug-likeness (QED) is 0.745. The van der Waals surface area contributed by atoms with Gasteiger partial charge in [0.25, 0.3) is 0 Å². The molecule has 0 aliphatic heterocycles. The number of pyridine rings is 1. The third-order valence-electron chi connectivity index (χ3n) is 2.76. The van der Waals surface area contributed by atoms with Crippen LogP contribution < -0.4 is 5.32 Å². The molecular weight excluding hydrogens is 179 g/mol. The standard InChI is InChI=1S/C11H15FN2/c1-8-4-10(5-8)13-6-9-2-3-11(12)14-7-9/h2-3,7-8,10,13H,4-6H2,1H3. The topological polar surface area (TPSA) is 24.9 Å². The van der Waals surface area contributed by atoms with Crippen LogP contribution in [0.2, 0.25) is 0 Å². The van der Waals surface area contributed by atoms with E-state index in [1.54, 1.807) is 12.3 Å². The summed E-state index contributed by atoms with van der Waals surface area (Å²) in [6.45, 7) is 3.06. The molecule has 0 atom stereocenters. The molecule has 1 fully saturated rings. The Morgan fingerprint density at radius 2 is 2.29 bits per heavy atom. The highest BCUT2D eigenvalue weighted by Crippen LogP contribution is 2.26. The fourth-order valence-corrected chi connectivity index (χ4v) is 1.84. The van der Waals surface area contributed by atoms with Gasteiger partial charge in [-0.05, 0) is 30.4 Å². The molecule has 1 aliphatic carbocycles. The fraction of sp³-hybridized carbons (Fsp3) is 0.545. The first-order valence-corrected chi connectivity index (χ1v) is 5.08. The zero-order chi connectivity index (χ0) is 9.97. The van der Waals surface area contributed by atoms with E-state index in [9.17, 15) is 4.39 Å². The van der Waals surface area contributed by atoms with Crippen molar-refractivity contribution in [3.63, 3.8) is 0 Å². The Labute approximate surface area is 83.6 Å². The van der Waals surface area contributed by atoms with Crippen molar-refractivity contribution in [2.75, 3.05) is 0 Å². The van der Waals surface area contributed by atoms with Crippen LogP contribution in [0, 0.1) is 11.9 Å². The second kappa shape index (κ2) is 4.05. The van der Waals surface area contributed by atoms with E-state index >= 15 is 0 Å². The first-order chi connectivity index (χ1) is 6.74. The van der Waals surface area contributed by atoms with Gasteiger partial charge in [0, 0.05) is 18.8 Å². The van der Waals surface area contributed by atoms with Crippen LogP contribution in [0.4, 0.5) is 4.39 Å². The summed E-state index contributed by atoms with van der Waals surface area (Å²) in [6.07, 6.45) is 4.10. The number of aromatic nitrogens is 1. The summed E-state index contributed by atoms with van der Waals surface area (Å²) >= 11 is 0. The Morgan fingerprint density at radius 1 is 1.50 bits per heavy atom. The second-order valence-corrected chi connectivity index (χ2v) is 4.14. The monoisotopic (exact) mass is 194 g/mol. The van der Waals surface area contributed by atoms with Crippen molar-refractivity contribution >= 4 is 0 Å². The molecule has 1 N–H and O–H groups in total. The molecule has 2 rings (SSSR count). The van der Waals surface area contributed by atoms with E-state index in [0.29, 0.717) is 6.04 Å². The Kier molecular flexibility index (Phi) is 2.77. The van der Waals surface area contributed by atoms with Gasteiger partial charge in [0.15, 0.2) is 0 Å². The van der Waals surface area contributed by atoms with Gasteiger partial charge in [-0.2, -0.15) is 4.39 Å². The number of nitrogens with one attached hydrogen (secondary N) is 1. The van der Waals surface area contributed by atoms with E-state index < -0.39 is 5.95 Å². The lowest BCUT2D eigenvalue weighted by atomic mass is 9.82. The van der Waals surface area contributed by atoms with Crippen molar-refractivity contribution in [1.29, 1.82) is 0 Å². The van der Waals surface area contributed by atoms with Crippen molar-refractivity contribution in [2.45, 2.75) is 32.4 Å². The first-order valence-electron chi connectivity index (χ1n) is 5.08. The molecule has 0 aromatic carbocycles. The maximum atomic E-state index is 12.5. The van der Waals surface area contributed by atoms with Crippen molar-refractivity contribution in [3.05, 3.63) is 29.8 Å². The Morgan fingerprint density at radius 3 is 2.86 bits per heavy atom. The van der Waals surface area contributed by atoms with Crippen molar-refractivity contribution in [2.24, 2.45) is 5.92 Å². The van der Waals surface area contributed by atoms with E-state index in [4.69, 9.17) is 0 Å². The van der Waals surface area contributed by atoms with E-state index in [1.807, 2.05) is 0 Å². The molecule has 2 nitrogen and oxygen atoms in total. The highest BCUT2D eigenvalue weighted by molar-refractivity contribution is 5.09. The average Bonchev–Trinajstić information content (AvgIpc) is 2.13. The minimum absolute atomic E-state index is 0.411. The smallest absolute Gasteiger partial charge is 0.212 e. The maximum Gasteiger partial charge on any atom is 0.212 e. The molecule has 3 heteroatoms. The van der Waals surface area contributed by atoms with Crippen LogP contribution in [0.15, 0.2) is 18.3 Å². The molecular formula is C11H15FN2. The predicted octanol–water partition coefficient (Wildman–Crippen LogP) is 2.11. The molecule has 0 amide bonds. The molecule has 1 aromatic heterocycles. The molecule has 0 bridgehead atoms. The van der Waals surface area contributed by atoms with Crippen molar-refractivity contribution in [3.8, 4) is 0 Å². The molecule has 1 aromatic rings. The fourth-order valence-electron chi connectivity index (χ4n) is 1.84. The van der Waals surface area contributed by atoms with Gasteiger partial charge in [-0.15, -0.1) is 0 Å². The molecule has 1 saturated carbocycles. The molecule has 0 unspecified atom stereocenters. The molecule has 0 radical (unpaired) electrons. The Bertz CT molecular complexity index is 291. The highest BCUT2D eigenvalue weighted by Gasteiger charge is 2.24. The third kappa shape index (κ3) is 2.29. The zero-order valence-corrected chi connectivity index (χ0v) is 8.33. The van der Waals surface area contributed by atoms with Gasteiger partial charge < -0.3 is 5.32 Å². The van der Waals surface area contributed by atoms with Gasteiger partial charge in [0.2, 0.25) is 5.95 Å². The normalized spacial score (nSPS) is 25.9. The number of hydrogen-bond acceptors (Lipinski definition) is 2. The van der Waals surface area contributed by atoms with Crippen LogP contribution >= 0.6 is 0 Å². The van der Waals surface area contributed by atoms with Crippen molar-refractivity contribution < 1.29 is 4.39 Å². The molecule has 1 heterocycles. The molecule has 76 valence electrons. The Hall–Kier alpha value is -0.960. The van der Waals surface area contributed by atoms with Gasteiger partial charge >= 0.3 is 0 Å². The van der Waals surface area contributed by atoms with Gasteiger partial charge in [0.05, 0.1) is 0 Å². The molecule has 1 aliphatic rings. The summed E-state index contributed by atoms with van der Waals surface area (Å²) in [6, 6.07) is 3.83. The SMILES string of the molecule is CC1CC(NCc2ccc(F)nc2)C1. The van der Waals surface area contributed by atoms with Gasteiger partial charge in [-0.1, -0.05) is 13.0 Å². The summed E-state index contributed by atoms with van der Waals surface area (Å²) in [5, 5.41) is 3.42. The molecule has 14 heavy (non-hydrogen) atoms. The third-order valence-corrected chi connectivity index (χ3v) is 2.76. The lowest BCUT2D eigenvalue weighted by Crippen LogP contribution is -2.39. The summed E-state index contributed by atoms with van der Waals surface area (Å²) in [5.41, 5.74) is 1.05. The van der Waals surface area contributed by atoms with Crippen LogP contribution in [0.3, 0.4) is 0 Å². The van der Waals surface area contributed by atoms with Crippen LogP contribution in [0.1, 0.15) is 25.3 Å². The lowest BCUT2D eigenvalue weighted by molar-refractivity contribution is 0.240. The summed E-state index contributed by atoms with van der Waals surface area (Å²) in [4.78, 5) is 3.61. The van der Waals surface area contributed by atoms with E-state index in [1.165, 1.54) is 18.9 Å². The highest BCUT2D eigenvalue weighted by atomic mass is 19.1. The number of halogens is 1. The average molecular weight is 194 g/mol. The van der Waals surface area contributed by atoms with Crippen LogP contribution in [-0.2, 0) is 6.54 Å². The minimum Gasteiger partial charge on any atom is -0.310 e. The van der Waals surface area contributed by atoms with E-state index in [0.717, 1.165) is 18.0 Å². The summed E-state index contributed by atoms with van der Waals surface area (Å²) in [5.74, 6) is 0.449. The number of rotatable bonds is 3. The summed E-state index contributed by atoms with van der Waals surface area (Å²) < 4.78 is 12.5.